The molecule has 0 unspecified atom stereocenters. The number of benzene rings is 2. The molecule has 5 nitrogen and oxygen atoms in total. The summed E-state index contributed by atoms with van der Waals surface area (Å²) < 4.78 is 8.60. The van der Waals surface area contributed by atoms with E-state index >= 15 is 0 Å². The molecule has 0 aliphatic carbocycles. The van der Waals surface area contributed by atoms with Crippen LogP contribution in [0.4, 0.5) is 0 Å². The third kappa shape index (κ3) is 3.75. The lowest BCUT2D eigenvalue weighted by Gasteiger charge is -2.44. The summed E-state index contributed by atoms with van der Waals surface area (Å²) in [4.78, 5) is 27.2. The van der Waals surface area contributed by atoms with Gasteiger partial charge in [0.25, 0.3) is 0 Å². The van der Waals surface area contributed by atoms with E-state index in [9.17, 15) is 9.59 Å². The Kier molecular flexibility index (Phi) is 5.38. The zero-order chi connectivity index (χ0) is 22.3. The van der Waals surface area contributed by atoms with Crippen molar-refractivity contribution in [2.75, 3.05) is 19.6 Å². The van der Waals surface area contributed by atoms with Gasteiger partial charge in [-0.05, 0) is 44.5 Å². The van der Waals surface area contributed by atoms with Crippen LogP contribution in [0.1, 0.15) is 58.9 Å². The van der Waals surface area contributed by atoms with Crippen molar-refractivity contribution in [1.29, 1.82) is 0 Å². The first kappa shape index (κ1) is 21.0. The van der Waals surface area contributed by atoms with Gasteiger partial charge in [0, 0.05) is 49.6 Å². The average molecular weight is 431 g/mol. The van der Waals surface area contributed by atoms with Crippen LogP contribution in [0.15, 0.2) is 48.7 Å². The number of piperidine rings is 1. The van der Waals surface area contributed by atoms with Crippen molar-refractivity contribution in [3.05, 3.63) is 65.4 Å². The van der Waals surface area contributed by atoms with Gasteiger partial charge in [-0.25, -0.2) is 0 Å². The largest absolute Gasteiger partial charge is 0.486 e. The van der Waals surface area contributed by atoms with Crippen molar-refractivity contribution in [3.8, 4) is 5.75 Å². The van der Waals surface area contributed by atoms with Crippen LogP contribution in [0, 0.1) is 6.92 Å². The van der Waals surface area contributed by atoms with E-state index in [1.165, 1.54) is 11.1 Å². The van der Waals surface area contributed by atoms with E-state index in [0.29, 0.717) is 6.42 Å². The number of ether oxygens (including phenoxy) is 1. The summed E-state index contributed by atoms with van der Waals surface area (Å²) in [5.74, 6) is 1.06. The lowest BCUT2D eigenvalue weighted by molar-refractivity contribution is -0.00926. The molecule has 0 bridgehead atoms. The molecule has 0 amide bonds. The van der Waals surface area contributed by atoms with Gasteiger partial charge in [-0.1, -0.05) is 30.3 Å². The quantitative estimate of drug-likeness (QED) is 0.532. The first-order valence-electron chi connectivity index (χ1n) is 11.6. The maximum atomic E-state index is 12.6. The Morgan fingerprint density at radius 2 is 1.84 bits per heavy atom. The summed E-state index contributed by atoms with van der Waals surface area (Å²) in [6.07, 6.45) is 5.29. The van der Waals surface area contributed by atoms with Crippen molar-refractivity contribution in [1.82, 2.24) is 9.47 Å². The zero-order valence-electron chi connectivity index (χ0n) is 18.9. The second kappa shape index (κ2) is 8.21. The molecular formula is C27H30N2O3. The minimum absolute atomic E-state index is 0.115. The highest BCUT2D eigenvalue weighted by Crippen LogP contribution is 2.39. The average Bonchev–Trinajstić information content (AvgIpc) is 3.16. The number of Topliss-reactive ketones (excluding diaryl/α,β-unsaturated/α-hetero) is 2. The highest BCUT2D eigenvalue weighted by Gasteiger charge is 2.42. The van der Waals surface area contributed by atoms with Crippen LogP contribution < -0.4 is 4.74 Å². The minimum atomic E-state index is -0.341. The lowest BCUT2D eigenvalue weighted by atomic mass is 9.82. The Hall–Kier alpha value is -2.92. The number of rotatable bonds is 5. The highest BCUT2D eigenvalue weighted by molar-refractivity contribution is 6.07. The van der Waals surface area contributed by atoms with Crippen LogP contribution in [-0.4, -0.2) is 46.3 Å². The number of hydrogen-bond donors (Lipinski definition) is 0. The molecule has 0 N–H and O–H groups in total. The molecule has 0 radical (unpaired) electrons. The van der Waals surface area contributed by atoms with Crippen LogP contribution >= 0.6 is 0 Å². The molecule has 5 heteroatoms. The highest BCUT2D eigenvalue weighted by atomic mass is 16.5. The topological polar surface area (TPSA) is 51.5 Å². The van der Waals surface area contributed by atoms with E-state index in [1.807, 2.05) is 42.6 Å². The van der Waals surface area contributed by atoms with Crippen LogP contribution in [0.5, 0.6) is 5.75 Å². The molecule has 2 aromatic carbocycles. The normalized spacial score (nSPS) is 18.0. The van der Waals surface area contributed by atoms with E-state index in [1.54, 1.807) is 6.92 Å². The van der Waals surface area contributed by atoms with Gasteiger partial charge in [-0.15, -0.1) is 0 Å². The smallest absolute Gasteiger partial charge is 0.170 e. The lowest BCUT2D eigenvalue weighted by Crippen LogP contribution is -2.51. The maximum absolute atomic E-state index is 12.6. The van der Waals surface area contributed by atoms with E-state index in [4.69, 9.17) is 4.74 Å². The van der Waals surface area contributed by atoms with Crippen molar-refractivity contribution in [3.63, 3.8) is 0 Å². The first-order chi connectivity index (χ1) is 15.5. The molecule has 3 heterocycles. The number of ketones is 2. The Balaban J connectivity index is 1.21. The van der Waals surface area contributed by atoms with Gasteiger partial charge >= 0.3 is 0 Å². The second-order valence-corrected chi connectivity index (χ2v) is 9.34. The summed E-state index contributed by atoms with van der Waals surface area (Å²) in [7, 11) is 0. The Morgan fingerprint density at radius 3 is 2.62 bits per heavy atom. The van der Waals surface area contributed by atoms with Crippen LogP contribution in [0.25, 0.3) is 10.9 Å². The summed E-state index contributed by atoms with van der Waals surface area (Å²) in [5.41, 5.74) is 3.56. The van der Waals surface area contributed by atoms with E-state index in [2.05, 4.69) is 22.5 Å². The second-order valence-electron chi connectivity index (χ2n) is 9.34. The fourth-order valence-corrected chi connectivity index (χ4v) is 5.38. The van der Waals surface area contributed by atoms with Gasteiger partial charge in [0.2, 0.25) is 0 Å². The molecule has 1 fully saturated rings. The number of carbonyl (C=O) groups is 2. The molecule has 2 aliphatic heterocycles. The number of aryl methyl sites for hydroxylation is 2. The fourth-order valence-electron chi connectivity index (χ4n) is 5.38. The number of likely N-dealkylation sites (tertiary alicyclic amines) is 1. The van der Waals surface area contributed by atoms with Gasteiger partial charge in [0.1, 0.15) is 11.4 Å². The van der Waals surface area contributed by atoms with E-state index < -0.39 is 0 Å². The van der Waals surface area contributed by atoms with Crippen molar-refractivity contribution >= 4 is 22.5 Å². The number of para-hydroxylation sites is 2. The molecular weight excluding hydrogens is 400 g/mol. The summed E-state index contributed by atoms with van der Waals surface area (Å²) in [5, 5.41) is 1.05. The van der Waals surface area contributed by atoms with Gasteiger partial charge in [0.15, 0.2) is 11.6 Å². The predicted molar refractivity (Wildman–Crippen MR) is 126 cm³/mol. The molecule has 1 aromatic heterocycles. The van der Waals surface area contributed by atoms with Gasteiger partial charge in [0.05, 0.1) is 17.5 Å². The molecule has 3 aromatic rings. The number of fused-ring (bicyclic) bond motifs is 2. The van der Waals surface area contributed by atoms with Crippen LogP contribution in [0.3, 0.4) is 0 Å². The molecule has 1 spiro atoms. The number of hydrogen-bond acceptors (Lipinski definition) is 4. The molecule has 166 valence electrons. The van der Waals surface area contributed by atoms with Crippen molar-refractivity contribution < 1.29 is 14.3 Å². The third-order valence-electron chi connectivity index (χ3n) is 7.12. The molecule has 2 aliphatic rings. The van der Waals surface area contributed by atoms with Gasteiger partial charge in [-0.2, -0.15) is 0 Å². The predicted octanol–water partition coefficient (Wildman–Crippen LogP) is 5.04. The van der Waals surface area contributed by atoms with Gasteiger partial charge in [-0.3, -0.25) is 9.59 Å². The van der Waals surface area contributed by atoms with E-state index in [0.717, 1.165) is 67.7 Å². The van der Waals surface area contributed by atoms with Crippen LogP contribution in [-0.2, 0) is 6.54 Å². The third-order valence-corrected chi connectivity index (χ3v) is 7.12. The maximum Gasteiger partial charge on any atom is 0.170 e. The van der Waals surface area contributed by atoms with E-state index in [-0.39, 0.29) is 17.2 Å². The summed E-state index contributed by atoms with van der Waals surface area (Å²) in [6.45, 7) is 7.53. The number of aromatic nitrogens is 1. The SMILES string of the molecule is CC(=O)c1cn(CCCN2CCC3(CC2)CC(=O)c2ccccc2O3)c2c(C)cccc12. The number of nitrogens with zero attached hydrogens (tertiary/aromatic N) is 2. The Morgan fingerprint density at radius 1 is 1.06 bits per heavy atom. The molecule has 0 saturated carbocycles. The standard InChI is InChI=1S/C27H30N2O3/c1-19-7-5-9-21-23(20(2)30)18-29(26(19)21)14-6-13-28-15-11-27(12-16-28)17-24(31)22-8-3-4-10-25(22)32-27/h3-5,7-10,18H,6,11-17H2,1-2H3. The molecule has 0 atom stereocenters. The number of carbonyl (C=O) groups excluding carboxylic acids is 2. The Labute approximate surface area is 189 Å². The summed E-state index contributed by atoms with van der Waals surface area (Å²) >= 11 is 0. The summed E-state index contributed by atoms with van der Waals surface area (Å²) in [6, 6.07) is 13.8. The first-order valence-corrected chi connectivity index (χ1v) is 11.6. The zero-order valence-corrected chi connectivity index (χ0v) is 18.9. The minimum Gasteiger partial charge on any atom is -0.486 e. The Bertz CT molecular complexity index is 1180. The van der Waals surface area contributed by atoms with Crippen molar-refractivity contribution in [2.24, 2.45) is 0 Å². The van der Waals surface area contributed by atoms with Crippen molar-refractivity contribution in [2.45, 2.75) is 51.7 Å². The van der Waals surface area contributed by atoms with Crippen LogP contribution in [0.2, 0.25) is 0 Å². The monoisotopic (exact) mass is 430 g/mol. The molecule has 1 saturated heterocycles. The van der Waals surface area contributed by atoms with Gasteiger partial charge < -0.3 is 14.2 Å². The molecule has 32 heavy (non-hydrogen) atoms. The fraction of sp³-hybridized carbons (Fsp3) is 0.407. The molecule has 5 rings (SSSR count).